The molecule has 0 saturated carbocycles. The van der Waals surface area contributed by atoms with Crippen LogP contribution >= 0.6 is 0 Å². The second-order valence-corrected chi connectivity index (χ2v) is 6.19. The van der Waals surface area contributed by atoms with Crippen LogP contribution in [0.3, 0.4) is 0 Å². The first-order chi connectivity index (χ1) is 12.6. The van der Waals surface area contributed by atoms with Gasteiger partial charge in [0.1, 0.15) is 0 Å². The number of ketones is 2. The molecule has 3 aromatic carbocycles. The largest absolute Gasteiger partial charge is 0.322 e. The minimum atomic E-state index is -0.349. The lowest BCUT2D eigenvalue weighted by atomic mass is 10.00. The Morgan fingerprint density at radius 1 is 0.769 bits per heavy atom. The number of rotatable bonds is 3. The molecule has 0 atom stereocenters. The van der Waals surface area contributed by atoms with Crippen molar-refractivity contribution in [3.05, 3.63) is 89.0 Å². The Balaban J connectivity index is 1.68. The second kappa shape index (κ2) is 6.08. The van der Waals surface area contributed by atoms with Crippen LogP contribution in [-0.4, -0.2) is 17.5 Å². The highest BCUT2D eigenvalue weighted by Crippen LogP contribution is 2.38. The summed E-state index contributed by atoms with van der Waals surface area (Å²) < 4.78 is 0. The van der Waals surface area contributed by atoms with Crippen molar-refractivity contribution in [1.82, 2.24) is 0 Å². The monoisotopic (exact) mass is 341 g/mol. The highest BCUT2D eigenvalue weighted by molar-refractivity contribution is 6.26. The molecule has 4 nitrogen and oxygen atoms in total. The molecule has 0 radical (unpaired) electrons. The standard InChI is InChI=1S/C22H15NO3/c1-13(24)14-9-11-15(12-10-14)23-22(26)19-8-4-7-17-16-5-2-3-6-18(16)21(25)20(17)19/h2-12H,1H3,(H,23,26). The van der Waals surface area contributed by atoms with E-state index < -0.39 is 0 Å². The van der Waals surface area contributed by atoms with Gasteiger partial charge in [-0.2, -0.15) is 0 Å². The van der Waals surface area contributed by atoms with Crippen molar-refractivity contribution in [1.29, 1.82) is 0 Å². The van der Waals surface area contributed by atoms with E-state index in [1.54, 1.807) is 42.5 Å². The van der Waals surface area contributed by atoms with Crippen molar-refractivity contribution in [2.75, 3.05) is 5.32 Å². The van der Waals surface area contributed by atoms with Gasteiger partial charge >= 0.3 is 0 Å². The normalized spacial score (nSPS) is 11.7. The van der Waals surface area contributed by atoms with E-state index in [-0.39, 0.29) is 17.5 Å². The van der Waals surface area contributed by atoms with E-state index in [0.29, 0.717) is 27.9 Å². The molecular weight excluding hydrogens is 326 g/mol. The Bertz CT molecular complexity index is 1070. The highest BCUT2D eigenvalue weighted by atomic mass is 16.2. The Labute approximate surface area is 150 Å². The van der Waals surface area contributed by atoms with Gasteiger partial charge in [-0.15, -0.1) is 0 Å². The zero-order chi connectivity index (χ0) is 18.3. The van der Waals surface area contributed by atoms with Gasteiger partial charge in [0, 0.05) is 22.4 Å². The van der Waals surface area contributed by atoms with Gasteiger partial charge in [0.25, 0.3) is 5.91 Å². The lowest BCUT2D eigenvalue weighted by molar-refractivity contribution is 0.0998. The lowest BCUT2D eigenvalue weighted by Crippen LogP contribution is -2.16. The maximum Gasteiger partial charge on any atom is 0.256 e. The SMILES string of the molecule is CC(=O)c1ccc(NC(=O)c2cccc3c2C(=O)c2ccccc2-3)cc1. The summed E-state index contributed by atoms with van der Waals surface area (Å²) in [6, 6.07) is 19.3. The molecule has 4 rings (SSSR count). The number of nitrogens with one attached hydrogen (secondary N) is 1. The van der Waals surface area contributed by atoms with Crippen LogP contribution in [0.1, 0.15) is 43.6 Å². The smallest absolute Gasteiger partial charge is 0.256 e. The molecule has 0 unspecified atom stereocenters. The predicted octanol–water partition coefficient (Wildman–Crippen LogP) is 4.35. The third-order valence-corrected chi connectivity index (χ3v) is 4.55. The van der Waals surface area contributed by atoms with Crippen molar-refractivity contribution < 1.29 is 14.4 Å². The molecule has 1 aliphatic carbocycles. The van der Waals surface area contributed by atoms with E-state index in [9.17, 15) is 14.4 Å². The molecule has 26 heavy (non-hydrogen) atoms. The van der Waals surface area contributed by atoms with Crippen LogP contribution in [0.15, 0.2) is 66.7 Å². The summed E-state index contributed by atoms with van der Waals surface area (Å²) in [5.74, 6) is -0.515. The molecule has 0 heterocycles. The lowest BCUT2D eigenvalue weighted by Gasteiger charge is -2.09. The zero-order valence-corrected chi connectivity index (χ0v) is 14.1. The molecule has 3 aromatic rings. The number of benzene rings is 3. The summed E-state index contributed by atoms with van der Waals surface area (Å²) in [6.45, 7) is 1.49. The molecular formula is C22H15NO3. The van der Waals surface area contributed by atoms with Gasteiger partial charge in [0.05, 0.1) is 5.56 Å². The van der Waals surface area contributed by atoms with Crippen molar-refractivity contribution in [2.45, 2.75) is 6.92 Å². The van der Waals surface area contributed by atoms with E-state index in [2.05, 4.69) is 5.32 Å². The van der Waals surface area contributed by atoms with Crippen LogP contribution in [0.5, 0.6) is 0 Å². The Kier molecular flexibility index (Phi) is 3.73. The third kappa shape index (κ3) is 2.52. The van der Waals surface area contributed by atoms with Crippen LogP contribution < -0.4 is 5.32 Å². The van der Waals surface area contributed by atoms with E-state index in [1.165, 1.54) is 6.92 Å². The average Bonchev–Trinajstić information content (AvgIpc) is 2.95. The molecule has 4 heteroatoms. The van der Waals surface area contributed by atoms with Gasteiger partial charge in [-0.05, 0) is 48.4 Å². The minimum absolute atomic E-state index is 0.0351. The van der Waals surface area contributed by atoms with E-state index in [0.717, 1.165) is 11.1 Å². The van der Waals surface area contributed by atoms with E-state index in [4.69, 9.17) is 0 Å². The molecule has 0 spiro atoms. The van der Waals surface area contributed by atoms with E-state index >= 15 is 0 Å². The quantitative estimate of drug-likeness (QED) is 0.563. The summed E-state index contributed by atoms with van der Waals surface area (Å²) in [5.41, 5.74) is 4.19. The van der Waals surface area contributed by atoms with E-state index in [1.807, 2.05) is 24.3 Å². The van der Waals surface area contributed by atoms with Gasteiger partial charge in [-0.1, -0.05) is 36.4 Å². The number of Topliss-reactive ketones (excluding diaryl/α,β-unsaturated/α-hetero) is 1. The summed E-state index contributed by atoms with van der Waals surface area (Å²) >= 11 is 0. The van der Waals surface area contributed by atoms with Gasteiger partial charge in [-0.25, -0.2) is 0 Å². The van der Waals surface area contributed by atoms with Crippen molar-refractivity contribution in [3.63, 3.8) is 0 Å². The van der Waals surface area contributed by atoms with Gasteiger partial charge in [0.2, 0.25) is 0 Å². The number of anilines is 1. The minimum Gasteiger partial charge on any atom is -0.322 e. The fourth-order valence-electron chi connectivity index (χ4n) is 3.25. The van der Waals surface area contributed by atoms with Crippen molar-refractivity contribution >= 4 is 23.2 Å². The summed E-state index contributed by atoms with van der Waals surface area (Å²) in [5, 5.41) is 2.80. The molecule has 1 N–H and O–H groups in total. The van der Waals surface area contributed by atoms with Gasteiger partial charge < -0.3 is 5.32 Å². The molecule has 0 fully saturated rings. The van der Waals surface area contributed by atoms with Gasteiger partial charge in [0.15, 0.2) is 11.6 Å². The number of carbonyl (C=O) groups excluding carboxylic acids is 3. The van der Waals surface area contributed by atoms with Crippen LogP contribution in [-0.2, 0) is 0 Å². The first-order valence-electron chi connectivity index (χ1n) is 8.26. The number of hydrogen-bond acceptors (Lipinski definition) is 3. The molecule has 1 amide bonds. The maximum atomic E-state index is 12.8. The summed E-state index contributed by atoms with van der Waals surface area (Å²) in [6.07, 6.45) is 0. The number of hydrogen-bond donors (Lipinski definition) is 1. The number of fused-ring (bicyclic) bond motifs is 3. The maximum absolute atomic E-state index is 12.8. The Morgan fingerprint density at radius 3 is 2.12 bits per heavy atom. The first-order valence-corrected chi connectivity index (χ1v) is 8.26. The highest BCUT2D eigenvalue weighted by Gasteiger charge is 2.30. The Morgan fingerprint density at radius 2 is 1.42 bits per heavy atom. The number of amides is 1. The van der Waals surface area contributed by atoms with Crippen LogP contribution in [0, 0.1) is 0 Å². The summed E-state index contributed by atoms with van der Waals surface area (Å²) in [4.78, 5) is 36.9. The number of carbonyl (C=O) groups is 3. The first kappa shape index (κ1) is 16.0. The van der Waals surface area contributed by atoms with Crippen LogP contribution in [0.2, 0.25) is 0 Å². The molecule has 0 aliphatic heterocycles. The Hall–Kier alpha value is -3.53. The molecule has 1 aliphatic rings. The average molecular weight is 341 g/mol. The molecule has 0 bridgehead atoms. The van der Waals surface area contributed by atoms with Crippen LogP contribution in [0.25, 0.3) is 11.1 Å². The molecule has 0 saturated heterocycles. The fourth-order valence-corrected chi connectivity index (χ4v) is 3.25. The second-order valence-electron chi connectivity index (χ2n) is 6.19. The van der Waals surface area contributed by atoms with Crippen molar-refractivity contribution in [2.24, 2.45) is 0 Å². The summed E-state index contributed by atoms with van der Waals surface area (Å²) in [7, 11) is 0. The van der Waals surface area contributed by atoms with Crippen LogP contribution in [0.4, 0.5) is 5.69 Å². The van der Waals surface area contributed by atoms with Crippen molar-refractivity contribution in [3.8, 4) is 11.1 Å². The fraction of sp³-hybridized carbons (Fsp3) is 0.0455. The third-order valence-electron chi connectivity index (χ3n) is 4.55. The molecule has 126 valence electrons. The van der Waals surface area contributed by atoms with Gasteiger partial charge in [-0.3, -0.25) is 14.4 Å². The zero-order valence-electron chi connectivity index (χ0n) is 14.1. The predicted molar refractivity (Wildman–Crippen MR) is 99.7 cm³/mol. The molecule has 0 aromatic heterocycles. The topological polar surface area (TPSA) is 63.2 Å².